The van der Waals surface area contributed by atoms with Crippen LogP contribution in [-0.4, -0.2) is 17.6 Å². The smallest absolute Gasteiger partial charge is 0.167 e. The van der Waals surface area contributed by atoms with Crippen LogP contribution in [0.2, 0.25) is 0 Å². The van der Waals surface area contributed by atoms with E-state index in [2.05, 4.69) is 4.98 Å². The Balaban J connectivity index is 2.27. The molecule has 17 heavy (non-hydrogen) atoms. The molecule has 0 fully saturated rings. The molecule has 0 radical (unpaired) electrons. The van der Waals surface area contributed by atoms with Gasteiger partial charge < -0.3 is 15.5 Å². The van der Waals surface area contributed by atoms with Crippen molar-refractivity contribution in [1.29, 1.82) is 0 Å². The molecule has 1 aliphatic heterocycles. The molecule has 1 aromatic heterocycles. The van der Waals surface area contributed by atoms with Crippen LogP contribution in [0.3, 0.4) is 0 Å². The van der Waals surface area contributed by atoms with Crippen LogP contribution in [0.15, 0.2) is 12.3 Å². The molecule has 0 bridgehead atoms. The van der Waals surface area contributed by atoms with Gasteiger partial charge in [-0.1, -0.05) is 0 Å². The lowest BCUT2D eigenvalue weighted by Gasteiger charge is -2.04. The SMILES string of the molecule is CC1Cc2c(c(F)cc3[nH]cc(CCN)c23)O1. The molecule has 0 saturated carbocycles. The number of rotatable bonds is 2. The molecular weight excluding hydrogens is 219 g/mol. The highest BCUT2D eigenvalue weighted by atomic mass is 19.1. The highest BCUT2D eigenvalue weighted by molar-refractivity contribution is 5.89. The van der Waals surface area contributed by atoms with Gasteiger partial charge in [-0.2, -0.15) is 0 Å². The van der Waals surface area contributed by atoms with Crippen LogP contribution in [0.4, 0.5) is 4.39 Å². The molecule has 3 N–H and O–H groups in total. The number of nitrogens with one attached hydrogen (secondary N) is 1. The Bertz CT molecular complexity index is 576. The van der Waals surface area contributed by atoms with E-state index in [1.54, 1.807) is 0 Å². The number of hydrogen-bond donors (Lipinski definition) is 2. The average molecular weight is 234 g/mol. The fourth-order valence-corrected chi connectivity index (χ4v) is 2.61. The number of halogens is 1. The summed E-state index contributed by atoms with van der Waals surface area (Å²) in [5.74, 6) is 0.140. The van der Waals surface area contributed by atoms with Crippen molar-refractivity contribution in [3.8, 4) is 5.75 Å². The van der Waals surface area contributed by atoms with Gasteiger partial charge in [-0.15, -0.1) is 0 Å². The molecule has 4 heteroatoms. The van der Waals surface area contributed by atoms with E-state index >= 15 is 0 Å². The number of hydrogen-bond acceptors (Lipinski definition) is 2. The molecule has 2 heterocycles. The van der Waals surface area contributed by atoms with Crippen molar-refractivity contribution in [3.05, 3.63) is 29.2 Å². The van der Waals surface area contributed by atoms with Gasteiger partial charge in [0.25, 0.3) is 0 Å². The van der Waals surface area contributed by atoms with Crippen LogP contribution >= 0.6 is 0 Å². The number of ether oxygens (including phenoxy) is 1. The van der Waals surface area contributed by atoms with E-state index in [1.807, 2.05) is 13.1 Å². The van der Waals surface area contributed by atoms with Crippen molar-refractivity contribution in [3.63, 3.8) is 0 Å². The molecule has 1 aliphatic rings. The highest BCUT2D eigenvalue weighted by Gasteiger charge is 2.26. The molecule has 0 amide bonds. The van der Waals surface area contributed by atoms with Gasteiger partial charge in [0.1, 0.15) is 6.10 Å². The molecular formula is C13H15FN2O. The Hall–Kier alpha value is -1.55. The van der Waals surface area contributed by atoms with Crippen LogP contribution in [-0.2, 0) is 12.8 Å². The Morgan fingerprint density at radius 1 is 1.59 bits per heavy atom. The summed E-state index contributed by atoms with van der Waals surface area (Å²) in [4.78, 5) is 3.11. The first-order valence-corrected chi connectivity index (χ1v) is 5.88. The lowest BCUT2D eigenvalue weighted by molar-refractivity contribution is 0.245. The fraction of sp³-hybridized carbons (Fsp3) is 0.385. The topological polar surface area (TPSA) is 51.0 Å². The highest BCUT2D eigenvalue weighted by Crippen LogP contribution is 2.38. The second-order valence-electron chi connectivity index (χ2n) is 4.57. The van der Waals surface area contributed by atoms with Crippen LogP contribution in [0, 0.1) is 5.82 Å². The van der Waals surface area contributed by atoms with Crippen LogP contribution in [0.1, 0.15) is 18.1 Å². The molecule has 3 nitrogen and oxygen atoms in total. The van der Waals surface area contributed by atoms with E-state index in [4.69, 9.17) is 10.5 Å². The van der Waals surface area contributed by atoms with Gasteiger partial charge in [0.15, 0.2) is 11.6 Å². The van der Waals surface area contributed by atoms with E-state index in [1.165, 1.54) is 6.07 Å². The number of fused-ring (bicyclic) bond motifs is 3. The maximum Gasteiger partial charge on any atom is 0.167 e. The van der Waals surface area contributed by atoms with Crippen molar-refractivity contribution in [2.45, 2.75) is 25.9 Å². The summed E-state index contributed by atoms with van der Waals surface area (Å²) in [5, 5.41) is 1.09. The summed E-state index contributed by atoms with van der Waals surface area (Å²) in [5.41, 5.74) is 8.56. The van der Waals surface area contributed by atoms with E-state index in [0.717, 1.165) is 34.9 Å². The predicted octanol–water partition coefficient (Wildman–Crippen LogP) is 2.13. The lowest BCUT2D eigenvalue weighted by atomic mass is 10.0. The van der Waals surface area contributed by atoms with Crippen molar-refractivity contribution in [1.82, 2.24) is 4.98 Å². The second-order valence-corrected chi connectivity index (χ2v) is 4.57. The molecule has 1 aromatic carbocycles. The molecule has 3 rings (SSSR count). The summed E-state index contributed by atoms with van der Waals surface area (Å²) in [7, 11) is 0. The Labute approximate surface area is 98.8 Å². The van der Waals surface area contributed by atoms with Crippen LogP contribution in [0.5, 0.6) is 5.75 Å². The number of aromatic amines is 1. The van der Waals surface area contributed by atoms with Gasteiger partial charge >= 0.3 is 0 Å². The van der Waals surface area contributed by atoms with E-state index in [-0.39, 0.29) is 11.9 Å². The van der Waals surface area contributed by atoms with Crippen LogP contribution in [0.25, 0.3) is 10.9 Å². The van der Waals surface area contributed by atoms with Crippen LogP contribution < -0.4 is 10.5 Å². The van der Waals surface area contributed by atoms with Crippen molar-refractivity contribution in [2.24, 2.45) is 5.73 Å². The zero-order valence-corrected chi connectivity index (χ0v) is 9.72. The average Bonchev–Trinajstić information content (AvgIpc) is 2.83. The Morgan fingerprint density at radius 2 is 2.41 bits per heavy atom. The first-order valence-electron chi connectivity index (χ1n) is 5.88. The summed E-state index contributed by atoms with van der Waals surface area (Å²) in [6, 6.07) is 1.51. The molecule has 0 saturated heterocycles. The van der Waals surface area contributed by atoms with Gasteiger partial charge in [0.2, 0.25) is 0 Å². The van der Waals surface area contributed by atoms with E-state index in [9.17, 15) is 4.39 Å². The monoisotopic (exact) mass is 234 g/mol. The first-order chi connectivity index (χ1) is 8.20. The lowest BCUT2D eigenvalue weighted by Crippen LogP contribution is -2.05. The summed E-state index contributed by atoms with van der Waals surface area (Å²) in [6.45, 7) is 2.55. The number of benzene rings is 1. The second kappa shape index (κ2) is 3.74. The van der Waals surface area contributed by atoms with Gasteiger partial charge in [-0.3, -0.25) is 0 Å². The minimum atomic E-state index is -0.280. The molecule has 90 valence electrons. The van der Waals surface area contributed by atoms with Gasteiger partial charge in [0.05, 0.1) is 0 Å². The maximum atomic E-state index is 13.8. The normalized spacial score (nSPS) is 18.4. The van der Waals surface area contributed by atoms with Crippen molar-refractivity contribution < 1.29 is 9.13 Å². The van der Waals surface area contributed by atoms with E-state index < -0.39 is 0 Å². The summed E-state index contributed by atoms with van der Waals surface area (Å²) < 4.78 is 19.3. The quantitative estimate of drug-likeness (QED) is 0.836. The van der Waals surface area contributed by atoms with E-state index in [0.29, 0.717) is 12.3 Å². The predicted molar refractivity (Wildman–Crippen MR) is 64.8 cm³/mol. The first kappa shape index (κ1) is 10.6. The standard InChI is InChI=1S/C13H15FN2O/c1-7-4-9-12-8(2-3-15)6-16-11(12)5-10(14)13(9)17-7/h5-7,16H,2-4,15H2,1H3. The third-order valence-electron chi connectivity index (χ3n) is 3.28. The van der Waals surface area contributed by atoms with Crippen molar-refractivity contribution >= 4 is 10.9 Å². The number of H-pyrrole nitrogens is 1. The minimum Gasteiger partial charge on any atom is -0.487 e. The molecule has 1 unspecified atom stereocenters. The molecule has 2 aromatic rings. The van der Waals surface area contributed by atoms with Gasteiger partial charge in [-0.05, 0) is 25.5 Å². The minimum absolute atomic E-state index is 0.0470. The summed E-state index contributed by atoms with van der Waals surface area (Å²) in [6.07, 6.45) is 3.52. The fourth-order valence-electron chi connectivity index (χ4n) is 2.61. The number of aromatic nitrogens is 1. The zero-order valence-electron chi connectivity index (χ0n) is 9.72. The maximum absolute atomic E-state index is 13.8. The van der Waals surface area contributed by atoms with Gasteiger partial charge in [0, 0.05) is 35.2 Å². The molecule has 0 spiro atoms. The third kappa shape index (κ3) is 1.52. The molecule has 0 aliphatic carbocycles. The van der Waals surface area contributed by atoms with Gasteiger partial charge in [-0.25, -0.2) is 4.39 Å². The summed E-state index contributed by atoms with van der Waals surface area (Å²) >= 11 is 0. The largest absolute Gasteiger partial charge is 0.487 e. The Kier molecular flexibility index (Phi) is 2.33. The van der Waals surface area contributed by atoms with Crippen molar-refractivity contribution in [2.75, 3.05) is 6.54 Å². The molecule has 1 atom stereocenters. The Morgan fingerprint density at radius 3 is 3.18 bits per heavy atom. The number of nitrogens with two attached hydrogens (primary N) is 1. The third-order valence-corrected chi connectivity index (χ3v) is 3.28. The zero-order chi connectivity index (χ0) is 12.0.